The fraction of sp³-hybridized carbons (Fsp3) is 0.500. The van der Waals surface area contributed by atoms with Crippen molar-refractivity contribution < 1.29 is 9.32 Å². The van der Waals surface area contributed by atoms with E-state index in [2.05, 4.69) is 28.5 Å². The third-order valence-corrected chi connectivity index (χ3v) is 5.53. The van der Waals surface area contributed by atoms with Gasteiger partial charge in [-0.1, -0.05) is 5.16 Å². The van der Waals surface area contributed by atoms with Gasteiger partial charge in [0.25, 0.3) is 0 Å². The van der Waals surface area contributed by atoms with Gasteiger partial charge in [0.05, 0.1) is 17.5 Å². The number of rotatable bonds is 4. The monoisotopic (exact) mass is 323 g/mol. The number of amides is 1. The van der Waals surface area contributed by atoms with Crippen LogP contribution in [0, 0.1) is 6.92 Å². The SMILES string of the molecule is Cc1nc(CSCC(=O)N2CCc3sccc3[C@H]2C)no1. The van der Waals surface area contributed by atoms with Crippen LogP contribution in [0.4, 0.5) is 0 Å². The molecule has 1 amide bonds. The summed E-state index contributed by atoms with van der Waals surface area (Å²) in [5.74, 6) is 2.46. The smallest absolute Gasteiger partial charge is 0.233 e. The van der Waals surface area contributed by atoms with Crippen LogP contribution in [0.3, 0.4) is 0 Å². The number of aromatic nitrogens is 2. The van der Waals surface area contributed by atoms with Crippen LogP contribution in [0.1, 0.15) is 35.1 Å². The first-order chi connectivity index (χ1) is 10.1. The zero-order chi connectivity index (χ0) is 14.8. The van der Waals surface area contributed by atoms with Crippen molar-refractivity contribution in [3.63, 3.8) is 0 Å². The lowest BCUT2D eigenvalue weighted by atomic mass is 10.0. The summed E-state index contributed by atoms with van der Waals surface area (Å²) in [5.41, 5.74) is 1.30. The first-order valence-electron chi connectivity index (χ1n) is 6.88. The van der Waals surface area contributed by atoms with Gasteiger partial charge in [0.2, 0.25) is 11.8 Å². The number of thiophene rings is 1. The molecule has 5 nitrogen and oxygen atoms in total. The summed E-state index contributed by atoms with van der Waals surface area (Å²) >= 11 is 3.32. The predicted octanol–water partition coefficient (Wildman–Crippen LogP) is 2.82. The summed E-state index contributed by atoms with van der Waals surface area (Å²) < 4.78 is 4.92. The molecule has 21 heavy (non-hydrogen) atoms. The Morgan fingerprint density at radius 2 is 2.48 bits per heavy atom. The standard InChI is InChI=1S/C14H17N3O2S2/c1-9-11-4-6-21-12(11)3-5-17(9)14(18)8-20-7-13-15-10(2)19-16-13/h4,6,9H,3,5,7-8H2,1-2H3/t9-/m1/s1. The molecular weight excluding hydrogens is 306 g/mol. The molecule has 0 aliphatic carbocycles. The van der Waals surface area contributed by atoms with Crippen LogP contribution in [-0.2, 0) is 17.0 Å². The molecule has 112 valence electrons. The number of carbonyl (C=O) groups is 1. The van der Waals surface area contributed by atoms with Crippen molar-refractivity contribution in [3.8, 4) is 0 Å². The third kappa shape index (κ3) is 3.13. The zero-order valence-electron chi connectivity index (χ0n) is 12.0. The summed E-state index contributed by atoms with van der Waals surface area (Å²) in [6.07, 6.45) is 0.970. The fourth-order valence-electron chi connectivity index (χ4n) is 2.56. The van der Waals surface area contributed by atoms with E-state index in [1.807, 2.05) is 4.90 Å². The minimum atomic E-state index is 0.181. The minimum Gasteiger partial charge on any atom is -0.340 e. The van der Waals surface area contributed by atoms with Crippen LogP contribution < -0.4 is 0 Å². The molecule has 1 atom stereocenters. The second-order valence-corrected chi connectivity index (χ2v) is 7.02. The summed E-state index contributed by atoms with van der Waals surface area (Å²) in [7, 11) is 0. The average molecular weight is 323 g/mol. The van der Waals surface area contributed by atoms with E-state index >= 15 is 0 Å². The normalized spacial score (nSPS) is 17.8. The van der Waals surface area contributed by atoms with Crippen LogP contribution in [0.15, 0.2) is 16.0 Å². The van der Waals surface area contributed by atoms with Crippen LogP contribution in [-0.4, -0.2) is 33.2 Å². The van der Waals surface area contributed by atoms with Crippen LogP contribution in [0.25, 0.3) is 0 Å². The quantitative estimate of drug-likeness (QED) is 0.866. The first kappa shape index (κ1) is 14.6. The Morgan fingerprint density at radius 3 is 3.24 bits per heavy atom. The second-order valence-electron chi connectivity index (χ2n) is 5.03. The highest BCUT2D eigenvalue weighted by Crippen LogP contribution is 2.33. The molecule has 0 unspecified atom stereocenters. The van der Waals surface area contributed by atoms with Gasteiger partial charge in [-0.2, -0.15) is 4.98 Å². The Labute approximate surface area is 131 Å². The van der Waals surface area contributed by atoms with Crippen LogP contribution in [0.2, 0.25) is 0 Å². The molecule has 0 fully saturated rings. The number of thioether (sulfide) groups is 1. The highest BCUT2D eigenvalue weighted by Gasteiger charge is 2.27. The Bertz CT molecular complexity index is 638. The molecule has 3 heterocycles. The maximum atomic E-state index is 12.4. The molecule has 0 radical (unpaired) electrons. The molecule has 1 aliphatic heterocycles. The van der Waals surface area contributed by atoms with E-state index in [1.165, 1.54) is 22.2 Å². The molecule has 2 aromatic rings. The molecule has 0 saturated carbocycles. The topological polar surface area (TPSA) is 59.2 Å². The Balaban J connectivity index is 1.54. The van der Waals surface area contributed by atoms with Gasteiger partial charge >= 0.3 is 0 Å². The maximum Gasteiger partial charge on any atom is 0.233 e. The summed E-state index contributed by atoms with van der Waals surface area (Å²) in [5, 5.41) is 5.95. The van der Waals surface area contributed by atoms with Gasteiger partial charge in [-0.05, 0) is 30.4 Å². The van der Waals surface area contributed by atoms with Gasteiger partial charge in [-0.15, -0.1) is 23.1 Å². The van der Waals surface area contributed by atoms with Crippen molar-refractivity contribution in [1.29, 1.82) is 0 Å². The Kier molecular flexibility index (Phi) is 4.30. The van der Waals surface area contributed by atoms with E-state index in [-0.39, 0.29) is 11.9 Å². The second kappa shape index (κ2) is 6.19. The number of nitrogens with zero attached hydrogens (tertiary/aromatic N) is 3. The zero-order valence-corrected chi connectivity index (χ0v) is 13.7. The lowest BCUT2D eigenvalue weighted by Crippen LogP contribution is -2.39. The highest BCUT2D eigenvalue weighted by molar-refractivity contribution is 7.99. The van der Waals surface area contributed by atoms with Gasteiger partial charge in [0.15, 0.2) is 5.82 Å². The molecule has 1 aliphatic rings. The van der Waals surface area contributed by atoms with E-state index in [9.17, 15) is 4.79 Å². The van der Waals surface area contributed by atoms with E-state index in [0.29, 0.717) is 23.2 Å². The Morgan fingerprint density at radius 1 is 1.62 bits per heavy atom. The summed E-state index contributed by atoms with van der Waals surface area (Å²) in [6.45, 7) is 4.69. The van der Waals surface area contributed by atoms with E-state index in [1.54, 1.807) is 18.3 Å². The molecule has 0 N–H and O–H groups in total. The van der Waals surface area contributed by atoms with Gasteiger partial charge in [-0.25, -0.2) is 0 Å². The largest absolute Gasteiger partial charge is 0.340 e. The number of aryl methyl sites for hydroxylation is 1. The van der Waals surface area contributed by atoms with Gasteiger partial charge in [0.1, 0.15) is 0 Å². The average Bonchev–Trinajstić information content (AvgIpc) is 3.08. The number of hydrogen-bond acceptors (Lipinski definition) is 6. The minimum absolute atomic E-state index is 0.181. The van der Waals surface area contributed by atoms with Crippen molar-refractivity contribution in [1.82, 2.24) is 15.0 Å². The maximum absolute atomic E-state index is 12.4. The predicted molar refractivity (Wildman–Crippen MR) is 83.3 cm³/mol. The van der Waals surface area contributed by atoms with Crippen LogP contribution >= 0.6 is 23.1 Å². The van der Waals surface area contributed by atoms with Crippen molar-refractivity contribution in [2.75, 3.05) is 12.3 Å². The van der Waals surface area contributed by atoms with Gasteiger partial charge in [-0.3, -0.25) is 4.79 Å². The lowest BCUT2D eigenvalue weighted by Gasteiger charge is -2.33. The number of fused-ring (bicyclic) bond motifs is 1. The summed E-state index contributed by atoms with van der Waals surface area (Å²) in [4.78, 5) is 19.9. The van der Waals surface area contributed by atoms with Crippen molar-refractivity contribution >= 4 is 29.0 Å². The molecular formula is C14H17N3O2S2. The van der Waals surface area contributed by atoms with Crippen molar-refractivity contribution in [2.45, 2.75) is 32.1 Å². The highest BCUT2D eigenvalue weighted by atomic mass is 32.2. The fourth-order valence-corrected chi connectivity index (χ4v) is 4.27. The number of hydrogen-bond donors (Lipinski definition) is 0. The molecule has 3 rings (SSSR count). The third-order valence-electron chi connectivity index (χ3n) is 3.62. The first-order valence-corrected chi connectivity index (χ1v) is 8.91. The molecule has 0 saturated heterocycles. The van der Waals surface area contributed by atoms with E-state index < -0.39 is 0 Å². The molecule has 0 spiro atoms. The molecule has 0 aromatic carbocycles. The van der Waals surface area contributed by atoms with Crippen LogP contribution in [0.5, 0.6) is 0 Å². The number of carbonyl (C=O) groups excluding carboxylic acids is 1. The van der Waals surface area contributed by atoms with Crippen molar-refractivity contribution in [3.05, 3.63) is 33.6 Å². The molecule has 2 aromatic heterocycles. The lowest BCUT2D eigenvalue weighted by molar-refractivity contribution is -0.130. The van der Waals surface area contributed by atoms with E-state index in [0.717, 1.165) is 13.0 Å². The molecule has 0 bridgehead atoms. The van der Waals surface area contributed by atoms with Gasteiger partial charge in [0, 0.05) is 18.3 Å². The Hall–Kier alpha value is -1.34. The molecule has 7 heteroatoms. The summed E-state index contributed by atoms with van der Waals surface area (Å²) in [6, 6.07) is 2.32. The van der Waals surface area contributed by atoms with Gasteiger partial charge < -0.3 is 9.42 Å². The van der Waals surface area contributed by atoms with E-state index in [4.69, 9.17) is 4.52 Å². The van der Waals surface area contributed by atoms with Crippen molar-refractivity contribution in [2.24, 2.45) is 0 Å².